The van der Waals surface area contributed by atoms with Crippen molar-refractivity contribution in [2.75, 3.05) is 19.6 Å². The summed E-state index contributed by atoms with van der Waals surface area (Å²) >= 11 is 0. The molecule has 0 spiro atoms. The molecular formula is C12H26N2. The van der Waals surface area contributed by atoms with Gasteiger partial charge in [-0.1, -0.05) is 20.3 Å². The molecule has 1 saturated heterocycles. The lowest BCUT2D eigenvalue weighted by Crippen LogP contribution is -2.39. The summed E-state index contributed by atoms with van der Waals surface area (Å²) in [5.74, 6) is 0. The van der Waals surface area contributed by atoms with Crippen LogP contribution in [0.15, 0.2) is 0 Å². The molecule has 1 rings (SSSR count). The van der Waals surface area contributed by atoms with E-state index in [0.29, 0.717) is 6.04 Å². The molecule has 2 nitrogen and oxygen atoms in total. The Morgan fingerprint density at radius 1 is 1.07 bits per heavy atom. The molecule has 0 bridgehead atoms. The monoisotopic (exact) mass is 198 g/mol. The van der Waals surface area contributed by atoms with Gasteiger partial charge in [0.15, 0.2) is 0 Å². The van der Waals surface area contributed by atoms with E-state index in [1.165, 1.54) is 38.8 Å². The predicted octanol–water partition coefficient (Wildman–Crippen LogP) is 2.25. The first kappa shape index (κ1) is 12.0. The zero-order chi connectivity index (χ0) is 10.4. The molecule has 0 radical (unpaired) electrons. The molecule has 0 aromatic heterocycles. The van der Waals surface area contributed by atoms with Crippen LogP contribution in [0.25, 0.3) is 0 Å². The Hall–Kier alpha value is -0.0800. The molecule has 84 valence electrons. The van der Waals surface area contributed by atoms with Gasteiger partial charge in [0, 0.05) is 12.1 Å². The van der Waals surface area contributed by atoms with E-state index in [1.807, 2.05) is 0 Å². The lowest BCUT2D eigenvalue weighted by Gasteiger charge is -2.32. The third-order valence-electron chi connectivity index (χ3n) is 3.13. The SMILES string of the molecule is CC(C)NCCC(C)N1CCCCC1. The lowest BCUT2D eigenvalue weighted by molar-refractivity contribution is 0.165. The molecule has 2 heteroatoms. The van der Waals surface area contributed by atoms with Gasteiger partial charge in [-0.3, -0.25) is 0 Å². The Kier molecular flexibility index (Phi) is 5.49. The van der Waals surface area contributed by atoms with Crippen LogP contribution >= 0.6 is 0 Å². The summed E-state index contributed by atoms with van der Waals surface area (Å²) in [6.07, 6.45) is 5.54. The fraction of sp³-hybridized carbons (Fsp3) is 1.00. The molecule has 1 N–H and O–H groups in total. The molecule has 0 saturated carbocycles. The normalized spacial score (nSPS) is 21.4. The van der Waals surface area contributed by atoms with Gasteiger partial charge >= 0.3 is 0 Å². The van der Waals surface area contributed by atoms with Gasteiger partial charge in [-0.15, -0.1) is 0 Å². The van der Waals surface area contributed by atoms with Gasteiger partial charge in [-0.05, 0) is 45.8 Å². The van der Waals surface area contributed by atoms with Gasteiger partial charge in [-0.25, -0.2) is 0 Å². The van der Waals surface area contributed by atoms with Crippen LogP contribution in [0.3, 0.4) is 0 Å². The third-order valence-corrected chi connectivity index (χ3v) is 3.13. The summed E-state index contributed by atoms with van der Waals surface area (Å²) in [7, 11) is 0. The second kappa shape index (κ2) is 6.41. The van der Waals surface area contributed by atoms with E-state index >= 15 is 0 Å². The zero-order valence-electron chi connectivity index (χ0n) is 10.1. The van der Waals surface area contributed by atoms with Crippen molar-refractivity contribution in [3.8, 4) is 0 Å². The van der Waals surface area contributed by atoms with E-state index in [2.05, 4.69) is 31.0 Å². The number of nitrogens with one attached hydrogen (secondary N) is 1. The van der Waals surface area contributed by atoms with E-state index in [1.54, 1.807) is 0 Å². The number of piperidine rings is 1. The number of rotatable bonds is 5. The Morgan fingerprint density at radius 3 is 2.29 bits per heavy atom. The van der Waals surface area contributed by atoms with Crippen LogP contribution in [-0.4, -0.2) is 36.6 Å². The predicted molar refractivity (Wildman–Crippen MR) is 62.6 cm³/mol. The van der Waals surface area contributed by atoms with E-state index in [4.69, 9.17) is 0 Å². The fourth-order valence-corrected chi connectivity index (χ4v) is 2.12. The van der Waals surface area contributed by atoms with Gasteiger partial charge in [0.05, 0.1) is 0 Å². The minimum atomic E-state index is 0.628. The maximum Gasteiger partial charge on any atom is 0.00790 e. The van der Waals surface area contributed by atoms with Crippen molar-refractivity contribution in [1.29, 1.82) is 0 Å². The maximum atomic E-state index is 3.49. The highest BCUT2D eigenvalue weighted by atomic mass is 15.2. The quantitative estimate of drug-likeness (QED) is 0.729. The van der Waals surface area contributed by atoms with Gasteiger partial charge in [0.1, 0.15) is 0 Å². The van der Waals surface area contributed by atoms with Crippen molar-refractivity contribution in [1.82, 2.24) is 10.2 Å². The summed E-state index contributed by atoms with van der Waals surface area (Å²) in [5.41, 5.74) is 0. The Bertz CT molecular complexity index is 139. The van der Waals surface area contributed by atoms with Gasteiger partial charge in [-0.2, -0.15) is 0 Å². The first-order valence-corrected chi connectivity index (χ1v) is 6.17. The molecule has 1 atom stereocenters. The summed E-state index contributed by atoms with van der Waals surface area (Å²) in [6, 6.07) is 1.39. The van der Waals surface area contributed by atoms with Crippen LogP contribution in [0, 0.1) is 0 Å². The van der Waals surface area contributed by atoms with E-state index < -0.39 is 0 Å². The average molecular weight is 198 g/mol. The van der Waals surface area contributed by atoms with Crippen LogP contribution < -0.4 is 5.32 Å². The molecule has 0 aliphatic carbocycles. The lowest BCUT2D eigenvalue weighted by atomic mass is 10.1. The highest BCUT2D eigenvalue weighted by molar-refractivity contribution is 4.72. The summed E-state index contributed by atoms with van der Waals surface area (Å²) in [6.45, 7) is 10.6. The highest BCUT2D eigenvalue weighted by Crippen LogP contribution is 2.13. The Balaban J connectivity index is 2.10. The molecule has 14 heavy (non-hydrogen) atoms. The largest absolute Gasteiger partial charge is 0.314 e. The van der Waals surface area contributed by atoms with Crippen LogP contribution in [-0.2, 0) is 0 Å². The van der Waals surface area contributed by atoms with Gasteiger partial charge in [0.25, 0.3) is 0 Å². The highest BCUT2D eigenvalue weighted by Gasteiger charge is 2.15. The van der Waals surface area contributed by atoms with Crippen molar-refractivity contribution in [3.63, 3.8) is 0 Å². The molecule has 1 heterocycles. The number of hydrogen-bond acceptors (Lipinski definition) is 2. The minimum Gasteiger partial charge on any atom is -0.314 e. The first-order chi connectivity index (χ1) is 6.70. The number of hydrogen-bond donors (Lipinski definition) is 1. The molecular weight excluding hydrogens is 172 g/mol. The molecule has 0 amide bonds. The standard InChI is InChI=1S/C12H26N2/c1-11(2)13-8-7-12(3)14-9-5-4-6-10-14/h11-13H,4-10H2,1-3H3. The average Bonchev–Trinajstić information content (AvgIpc) is 2.18. The summed E-state index contributed by atoms with van der Waals surface area (Å²) < 4.78 is 0. The fourth-order valence-electron chi connectivity index (χ4n) is 2.12. The Morgan fingerprint density at radius 2 is 1.71 bits per heavy atom. The second-order valence-electron chi connectivity index (χ2n) is 4.84. The topological polar surface area (TPSA) is 15.3 Å². The van der Waals surface area contributed by atoms with Crippen molar-refractivity contribution >= 4 is 0 Å². The van der Waals surface area contributed by atoms with E-state index in [-0.39, 0.29) is 0 Å². The number of likely N-dealkylation sites (tertiary alicyclic amines) is 1. The number of nitrogens with zero attached hydrogens (tertiary/aromatic N) is 1. The molecule has 1 aliphatic heterocycles. The molecule has 1 fully saturated rings. The third kappa shape index (κ3) is 4.43. The molecule has 0 aromatic carbocycles. The van der Waals surface area contributed by atoms with Gasteiger partial charge in [0.2, 0.25) is 0 Å². The van der Waals surface area contributed by atoms with Crippen molar-refractivity contribution in [3.05, 3.63) is 0 Å². The van der Waals surface area contributed by atoms with Crippen LogP contribution in [0.4, 0.5) is 0 Å². The van der Waals surface area contributed by atoms with Gasteiger partial charge < -0.3 is 10.2 Å². The van der Waals surface area contributed by atoms with Crippen molar-refractivity contribution in [2.45, 2.75) is 58.5 Å². The molecule has 1 unspecified atom stereocenters. The molecule has 1 aliphatic rings. The van der Waals surface area contributed by atoms with Crippen LogP contribution in [0.1, 0.15) is 46.5 Å². The summed E-state index contributed by atoms with van der Waals surface area (Å²) in [4.78, 5) is 2.64. The van der Waals surface area contributed by atoms with Crippen LogP contribution in [0.5, 0.6) is 0 Å². The zero-order valence-corrected chi connectivity index (χ0v) is 10.1. The summed E-state index contributed by atoms with van der Waals surface area (Å²) in [5, 5.41) is 3.49. The van der Waals surface area contributed by atoms with Crippen molar-refractivity contribution in [2.24, 2.45) is 0 Å². The van der Waals surface area contributed by atoms with E-state index in [9.17, 15) is 0 Å². The Labute approximate surface area is 89.1 Å². The smallest absolute Gasteiger partial charge is 0.00790 e. The molecule has 0 aromatic rings. The maximum absolute atomic E-state index is 3.49. The van der Waals surface area contributed by atoms with E-state index in [0.717, 1.165) is 12.6 Å². The van der Waals surface area contributed by atoms with Crippen LogP contribution in [0.2, 0.25) is 0 Å². The van der Waals surface area contributed by atoms with Crippen molar-refractivity contribution < 1.29 is 0 Å². The minimum absolute atomic E-state index is 0.628. The first-order valence-electron chi connectivity index (χ1n) is 6.17. The second-order valence-corrected chi connectivity index (χ2v) is 4.84.